The summed E-state index contributed by atoms with van der Waals surface area (Å²) in [5, 5.41) is 1.49. The van der Waals surface area contributed by atoms with Crippen LogP contribution in [0.1, 0.15) is 59.1 Å². The third-order valence-electron chi connectivity index (χ3n) is 3.39. The van der Waals surface area contributed by atoms with Crippen LogP contribution in [0.4, 0.5) is 4.79 Å². The Bertz CT molecular complexity index is 526. The number of hydrogen-bond acceptors (Lipinski definition) is 4. The van der Waals surface area contributed by atoms with Crippen molar-refractivity contribution in [1.29, 1.82) is 0 Å². The molecule has 1 fully saturated rings. The molecule has 0 spiro atoms. The largest absolute Gasteiger partial charge is 0.444 e. The van der Waals surface area contributed by atoms with Gasteiger partial charge in [0.05, 0.1) is 6.04 Å². The summed E-state index contributed by atoms with van der Waals surface area (Å²) in [6.45, 7) is 10.8. The van der Waals surface area contributed by atoms with Crippen LogP contribution in [0, 0.1) is 0 Å². The summed E-state index contributed by atoms with van der Waals surface area (Å²) in [6.07, 6.45) is 3.57. The topological polar surface area (TPSA) is 42.4 Å². The van der Waals surface area contributed by atoms with Crippen molar-refractivity contribution in [2.45, 2.75) is 69.4 Å². The Morgan fingerprint density at radius 3 is 2.82 bits per heavy atom. The molecule has 1 aliphatic rings. The first-order valence-corrected chi connectivity index (χ1v) is 8.77. The smallest absolute Gasteiger partial charge is 0.410 e. The van der Waals surface area contributed by atoms with Crippen LogP contribution >= 0.6 is 11.8 Å². The summed E-state index contributed by atoms with van der Waals surface area (Å²) in [7, 11) is 0. The van der Waals surface area contributed by atoms with Crippen molar-refractivity contribution < 1.29 is 9.53 Å². The summed E-state index contributed by atoms with van der Waals surface area (Å²) >= 11 is 1.75. The van der Waals surface area contributed by atoms with E-state index in [1.54, 1.807) is 11.8 Å². The van der Waals surface area contributed by atoms with E-state index in [2.05, 4.69) is 24.9 Å². The molecule has 1 atom stereocenters. The molecule has 1 aromatic heterocycles. The lowest BCUT2D eigenvalue weighted by Gasteiger charge is -2.29. The summed E-state index contributed by atoms with van der Waals surface area (Å²) < 4.78 is 5.55. The van der Waals surface area contributed by atoms with Crippen molar-refractivity contribution >= 4 is 17.9 Å². The highest BCUT2D eigenvalue weighted by Gasteiger charge is 2.34. The number of aromatic nitrogens is 1. The molecule has 22 heavy (non-hydrogen) atoms. The second kappa shape index (κ2) is 6.90. The molecule has 0 radical (unpaired) electrons. The van der Waals surface area contributed by atoms with Crippen LogP contribution in [0.25, 0.3) is 0 Å². The lowest BCUT2D eigenvalue weighted by Crippen LogP contribution is -2.36. The summed E-state index contributed by atoms with van der Waals surface area (Å²) in [5.74, 6) is 0. The minimum absolute atomic E-state index is 0.0739. The predicted octanol–water partition coefficient (Wildman–Crippen LogP) is 4.65. The molecule has 0 aliphatic carbocycles. The Morgan fingerprint density at radius 1 is 1.45 bits per heavy atom. The van der Waals surface area contributed by atoms with Gasteiger partial charge in [-0.15, -0.1) is 11.8 Å². The quantitative estimate of drug-likeness (QED) is 0.759. The van der Waals surface area contributed by atoms with Gasteiger partial charge < -0.3 is 9.64 Å². The van der Waals surface area contributed by atoms with Gasteiger partial charge >= 0.3 is 6.09 Å². The van der Waals surface area contributed by atoms with E-state index in [1.165, 1.54) is 0 Å². The van der Waals surface area contributed by atoms with Crippen LogP contribution in [-0.2, 0) is 4.74 Å². The van der Waals surface area contributed by atoms with Gasteiger partial charge in [0.15, 0.2) is 0 Å². The van der Waals surface area contributed by atoms with Crippen molar-refractivity contribution in [3.05, 3.63) is 23.9 Å². The molecule has 1 aliphatic heterocycles. The van der Waals surface area contributed by atoms with Crippen LogP contribution in [0.15, 0.2) is 23.4 Å². The third kappa shape index (κ3) is 4.38. The highest BCUT2D eigenvalue weighted by molar-refractivity contribution is 7.99. The van der Waals surface area contributed by atoms with Gasteiger partial charge in [0, 0.05) is 23.6 Å². The van der Waals surface area contributed by atoms with Crippen molar-refractivity contribution in [3.63, 3.8) is 0 Å². The van der Waals surface area contributed by atoms with Crippen molar-refractivity contribution in [3.8, 4) is 0 Å². The van der Waals surface area contributed by atoms with Gasteiger partial charge in [-0.3, -0.25) is 0 Å². The van der Waals surface area contributed by atoms with E-state index in [1.807, 2.05) is 37.9 Å². The van der Waals surface area contributed by atoms with Gasteiger partial charge in [-0.25, -0.2) is 9.78 Å². The molecular weight excluding hydrogens is 296 g/mol. The van der Waals surface area contributed by atoms with Gasteiger partial charge in [0.25, 0.3) is 0 Å². The summed E-state index contributed by atoms with van der Waals surface area (Å²) in [4.78, 5) is 18.8. The van der Waals surface area contributed by atoms with Gasteiger partial charge in [-0.05, 0) is 39.7 Å². The molecule has 1 amide bonds. The monoisotopic (exact) mass is 322 g/mol. The lowest BCUT2D eigenvalue weighted by molar-refractivity contribution is 0.0222. The standard InChI is InChI=1S/C17H26N2O2S/c1-12(2)22-15-13(8-6-10-18-15)14-9-7-11-19(14)16(20)21-17(3,4)5/h6,8,10,12,14H,7,9,11H2,1-5H3. The molecule has 0 N–H and O–H groups in total. The molecule has 1 unspecified atom stereocenters. The van der Waals surface area contributed by atoms with Crippen LogP contribution in [-0.4, -0.2) is 33.4 Å². The number of ether oxygens (including phenoxy) is 1. The number of hydrogen-bond donors (Lipinski definition) is 0. The maximum atomic E-state index is 12.5. The number of pyridine rings is 1. The first-order valence-electron chi connectivity index (χ1n) is 7.89. The molecule has 4 nitrogen and oxygen atoms in total. The van der Waals surface area contributed by atoms with Crippen molar-refractivity contribution in [2.75, 3.05) is 6.54 Å². The van der Waals surface area contributed by atoms with E-state index in [0.29, 0.717) is 5.25 Å². The number of likely N-dealkylation sites (tertiary alicyclic amines) is 1. The zero-order valence-electron chi connectivity index (χ0n) is 14.1. The number of nitrogens with zero attached hydrogens (tertiary/aromatic N) is 2. The molecule has 0 bridgehead atoms. The normalized spacial score (nSPS) is 18.8. The fraction of sp³-hybridized carbons (Fsp3) is 0.647. The average molecular weight is 322 g/mol. The first kappa shape index (κ1) is 17.1. The average Bonchev–Trinajstić information content (AvgIpc) is 2.85. The fourth-order valence-electron chi connectivity index (χ4n) is 2.61. The van der Waals surface area contributed by atoms with Crippen LogP contribution in [0.3, 0.4) is 0 Å². The van der Waals surface area contributed by atoms with Gasteiger partial charge in [-0.2, -0.15) is 0 Å². The van der Waals surface area contributed by atoms with E-state index >= 15 is 0 Å². The molecule has 0 saturated carbocycles. The minimum atomic E-state index is -0.464. The van der Waals surface area contributed by atoms with E-state index in [9.17, 15) is 4.79 Å². The fourth-order valence-corrected chi connectivity index (χ4v) is 3.52. The van der Waals surface area contributed by atoms with Crippen LogP contribution < -0.4 is 0 Å². The first-order chi connectivity index (χ1) is 10.3. The number of carbonyl (C=O) groups excluding carboxylic acids is 1. The predicted molar refractivity (Wildman–Crippen MR) is 90.1 cm³/mol. The number of carbonyl (C=O) groups is 1. The van der Waals surface area contributed by atoms with Crippen molar-refractivity contribution in [2.24, 2.45) is 0 Å². The maximum absolute atomic E-state index is 12.5. The van der Waals surface area contributed by atoms with Gasteiger partial charge in [0.2, 0.25) is 0 Å². The lowest BCUT2D eigenvalue weighted by atomic mass is 10.1. The Hall–Kier alpha value is -1.23. The van der Waals surface area contributed by atoms with Gasteiger partial charge in [0.1, 0.15) is 10.6 Å². The zero-order chi connectivity index (χ0) is 16.3. The van der Waals surface area contributed by atoms with E-state index in [0.717, 1.165) is 30.0 Å². The zero-order valence-corrected chi connectivity index (χ0v) is 14.9. The SMILES string of the molecule is CC(C)Sc1ncccc1C1CCCN1C(=O)OC(C)(C)C. The van der Waals surface area contributed by atoms with Crippen molar-refractivity contribution in [1.82, 2.24) is 9.88 Å². The van der Waals surface area contributed by atoms with E-state index in [-0.39, 0.29) is 12.1 Å². The molecular formula is C17H26N2O2S. The highest BCUT2D eigenvalue weighted by Crippen LogP contribution is 2.38. The number of thioether (sulfide) groups is 1. The molecule has 0 aromatic carbocycles. The second-order valence-corrected chi connectivity index (χ2v) is 8.46. The Balaban J connectivity index is 2.22. The summed E-state index contributed by atoms with van der Waals surface area (Å²) in [5.41, 5.74) is 0.679. The van der Waals surface area contributed by atoms with Crippen LogP contribution in [0.5, 0.6) is 0 Å². The molecule has 122 valence electrons. The number of rotatable bonds is 3. The second-order valence-electron chi connectivity index (χ2n) is 6.90. The Labute approximate surface area is 137 Å². The number of amides is 1. The Morgan fingerprint density at radius 2 is 2.18 bits per heavy atom. The summed E-state index contributed by atoms with van der Waals surface area (Å²) in [6, 6.07) is 4.11. The molecule has 1 saturated heterocycles. The van der Waals surface area contributed by atoms with E-state index in [4.69, 9.17) is 4.74 Å². The Kier molecular flexibility index (Phi) is 5.37. The highest BCUT2D eigenvalue weighted by atomic mass is 32.2. The third-order valence-corrected chi connectivity index (χ3v) is 4.42. The van der Waals surface area contributed by atoms with E-state index < -0.39 is 5.60 Å². The molecule has 2 rings (SSSR count). The minimum Gasteiger partial charge on any atom is -0.444 e. The molecule has 1 aromatic rings. The van der Waals surface area contributed by atoms with Crippen LogP contribution in [0.2, 0.25) is 0 Å². The maximum Gasteiger partial charge on any atom is 0.410 e. The molecule has 5 heteroatoms. The van der Waals surface area contributed by atoms with Gasteiger partial charge in [-0.1, -0.05) is 19.9 Å². The molecule has 2 heterocycles.